The molecule has 11 nitrogen and oxygen atoms in total. The standard InChI is InChI=1S/C25H31ClN8O3S/c1-25(2,3)37-24(36)34-14-8-9-16(34)18-15(10-14)29-23(38-18)32-21(35)12-4-6-13(7-5-12)33-11-28-17-19(27)30-22(26)31-20(17)33/h11-14,16H,4-10H2,1-3H3,(H2,27,30,31)(H,29,32,35)/t12?,13?,14-,16+/m0/s1. The van der Waals surface area contributed by atoms with Crippen molar-refractivity contribution in [3.05, 3.63) is 22.2 Å². The van der Waals surface area contributed by atoms with Crippen LogP contribution in [-0.2, 0) is 16.0 Å². The lowest BCUT2D eigenvalue weighted by molar-refractivity contribution is -0.121. The lowest BCUT2D eigenvalue weighted by Gasteiger charge is -2.35. The van der Waals surface area contributed by atoms with Gasteiger partial charge >= 0.3 is 6.09 Å². The summed E-state index contributed by atoms with van der Waals surface area (Å²) in [6.07, 6.45) is 7.09. The Morgan fingerprint density at radius 2 is 1.84 bits per heavy atom. The number of carbonyl (C=O) groups excluding carboxylic acids is 2. The Bertz CT molecular complexity index is 1410. The number of anilines is 2. The van der Waals surface area contributed by atoms with Gasteiger partial charge in [0.05, 0.1) is 22.9 Å². The van der Waals surface area contributed by atoms with E-state index in [9.17, 15) is 9.59 Å². The van der Waals surface area contributed by atoms with Crippen LogP contribution in [0.3, 0.4) is 0 Å². The lowest BCUT2D eigenvalue weighted by Crippen LogP contribution is -2.44. The fourth-order valence-electron chi connectivity index (χ4n) is 5.98. The fraction of sp³-hybridized carbons (Fsp3) is 0.600. The van der Waals surface area contributed by atoms with Crippen molar-refractivity contribution in [3.8, 4) is 0 Å². The number of ether oxygens (including phenoxy) is 1. The predicted molar refractivity (Wildman–Crippen MR) is 144 cm³/mol. The van der Waals surface area contributed by atoms with Crippen molar-refractivity contribution in [1.82, 2.24) is 29.4 Å². The second-order valence-corrected chi connectivity index (χ2v) is 12.7. The van der Waals surface area contributed by atoms with Gasteiger partial charge in [-0.3, -0.25) is 9.69 Å². The Morgan fingerprint density at radius 1 is 1.11 bits per heavy atom. The third kappa shape index (κ3) is 4.57. The van der Waals surface area contributed by atoms with Crippen molar-refractivity contribution in [1.29, 1.82) is 0 Å². The summed E-state index contributed by atoms with van der Waals surface area (Å²) in [7, 11) is 0. The van der Waals surface area contributed by atoms with Crippen molar-refractivity contribution < 1.29 is 14.3 Å². The second kappa shape index (κ2) is 9.33. The van der Waals surface area contributed by atoms with Gasteiger partial charge < -0.3 is 20.4 Å². The topological polar surface area (TPSA) is 141 Å². The number of nitrogens with zero attached hydrogens (tertiary/aromatic N) is 6. The maximum atomic E-state index is 13.2. The van der Waals surface area contributed by atoms with Gasteiger partial charge in [0, 0.05) is 24.4 Å². The first-order valence-electron chi connectivity index (χ1n) is 13.0. The molecule has 5 heterocycles. The summed E-state index contributed by atoms with van der Waals surface area (Å²) in [6.45, 7) is 5.65. The Kier molecular flexibility index (Phi) is 6.21. The highest BCUT2D eigenvalue weighted by atomic mass is 35.5. The summed E-state index contributed by atoms with van der Waals surface area (Å²) in [5.74, 6) is 0.161. The first-order chi connectivity index (χ1) is 18.1. The molecule has 0 spiro atoms. The van der Waals surface area contributed by atoms with E-state index in [1.165, 1.54) is 11.3 Å². The summed E-state index contributed by atoms with van der Waals surface area (Å²) in [4.78, 5) is 46.4. The number of nitrogens with one attached hydrogen (secondary N) is 1. The Hall–Kier alpha value is -2.99. The number of amides is 2. The average molecular weight is 559 g/mol. The van der Waals surface area contributed by atoms with Gasteiger partial charge in [-0.1, -0.05) is 11.3 Å². The van der Waals surface area contributed by atoms with E-state index in [0.717, 1.165) is 49.1 Å². The number of nitrogens with two attached hydrogens (primary N) is 1. The van der Waals surface area contributed by atoms with Crippen LogP contribution in [0.15, 0.2) is 6.33 Å². The molecule has 202 valence electrons. The van der Waals surface area contributed by atoms with E-state index in [1.807, 2.05) is 30.2 Å². The summed E-state index contributed by atoms with van der Waals surface area (Å²) >= 11 is 7.50. The minimum Gasteiger partial charge on any atom is -0.444 e. The van der Waals surface area contributed by atoms with Crippen LogP contribution in [0.25, 0.3) is 11.2 Å². The van der Waals surface area contributed by atoms with Crippen LogP contribution >= 0.6 is 22.9 Å². The van der Waals surface area contributed by atoms with Crippen molar-refractivity contribution in [2.24, 2.45) is 5.92 Å². The molecule has 1 aliphatic carbocycles. The van der Waals surface area contributed by atoms with E-state index in [4.69, 9.17) is 27.1 Å². The summed E-state index contributed by atoms with van der Waals surface area (Å²) in [6, 6.07) is 0.225. The highest BCUT2D eigenvalue weighted by molar-refractivity contribution is 7.16. The van der Waals surface area contributed by atoms with E-state index >= 15 is 0 Å². The molecular formula is C25H31ClN8O3S. The van der Waals surface area contributed by atoms with Gasteiger partial charge in [-0.15, -0.1) is 0 Å². The van der Waals surface area contributed by atoms with E-state index in [-0.39, 0.29) is 47.1 Å². The monoisotopic (exact) mass is 558 g/mol. The highest BCUT2D eigenvalue weighted by Crippen LogP contribution is 2.47. The minimum atomic E-state index is -0.540. The van der Waals surface area contributed by atoms with Crippen LogP contribution in [0.1, 0.15) is 82.0 Å². The zero-order chi connectivity index (χ0) is 26.8. The molecule has 13 heteroatoms. The van der Waals surface area contributed by atoms with Crippen LogP contribution < -0.4 is 11.1 Å². The molecule has 6 rings (SSSR count). The largest absolute Gasteiger partial charge is 0.444 e. The van der Waals surface area contributed by atoms with Crippen molar-refractivity contribution in [2.45, 2.75) is 89.4 Å². The molecule has 0 unspecified atom stereocenters. The second-order valence-electron chi connectivity index (χ2n) is 11.4. The van der Waals surface area contributed by atoms with Gasteiger partial charge in [0.25, 0.3) is 0 Å². The first-order valence-corrected chi connectivity index (χ1v) is 14.2. The summed E-state index contributed by atoms with van der Waals surface area (Å²) in [5, 5.41) is 3.77. The number of aromatic nitrogens is 5. The van der Waals surface area contributed by atoms with Crippen LogP contribution in [0.5, 0.6) is 0 Å². The van der Waals surface area contributed by atoms with Crippen molar-refractivity contribution in [2.75, 3.05) is 11.1 Å². The fourth-order valence-corrected chi connectivity index (χ4v) is 7.28. The van der Waals surface area contributed by atoms with Crippen molar-refractivity contribution >= 4 is 57.1 Å². The molecular weight excluding hydrogens is 528 g/mol. The maximum Gasteiger partial charge on any atom is 0.411 e. The normalized spacial score (nSPS) is 24.9. The number of rotatable bonds is 3. The van der Waals surface area contributed by atoms with Crippen LogP contribution in [0.4, 0.5) is 15.7 Å². The number of fused-ring (bicyclic) bond motifs is 5. The van der Waals surface area contributed by atoms with Crippen LogP contribution in [0.2, 0.25) is 5.28 Å². The number of thiazole rings is 1. The molecule has 1 saturated carbocycles. The Labute approximate surface area is 229 Å². The Morgan fingerprint density at radius 3 is 2.58 bits per heavy atom. The third-order valence-electron chi connectivity index (χ3n) is 7.68. The number of hydrogen-bond acceptors (Lipinski definition) is 9. The lowest BCUT2D eigenvalue weighted by atomic mass is 9.85. The van der Waals surface area contributed by atoms with Crippen LogP contribution in [0, 0.1) is 5.92 Å². The average Bonchev–Trinajstić information content (AvgIpc) is 3.53. The number of hydrogen-bond donors (Lipinski definition) is 2. The molecule has 3 aromatic rings. The van der Waals surface area contributed by atoms with Crippen molar-refractivity contribution in [3.63, 3.8) is 0 Å². The first kappa shape index (κ1) is 25.3. The maximum absolute atomic E-state index is 13.2. The smallest absolute Gasteiger partial charge is 0.411 e. The number of halogens is 1. The minimum absolute atomic E-state index is 0.00573. The zero-order valence-electron chi connectivity index (χ0n) is 21.6. The van der Waals surface area contributed by atoms with Gasteiger partial charge in [0.2, 0.25) is 11.2 Å². The molecule has 3 aromatic heterocycles. The molecule has 38 heavy (non-hydrogen) atoms. The van der Waals surface area contributed by atoms with Gasteiger partial charge in [-0.05, 0) is 70.9 Å². The molecule has 0 aromatic carbocycles. The van der Waals surface area contributed by atoms with Gasteiger partial charge in [-0.2, -0.15) is 9.97 Å². The highest BCUT2D eigenvalue weighted by Gasteiger charge is 2.46. The van der Waals surface area contributed by atoms with Gasteiger partial charge in [-0.25, -0.2) is 14.8 Å². The van der Waals surface area contributed by atoms with Crippen LogP contribution in [-0.4, -0.2) is 53.0 Å². The summed E-state index contributed by atoms with van der Waals surface area (Å²) in [5.41, 5.74) is 7.56. The molecule has 2 fully saturated rings. The number of carbonyl (C=O) groups is 2. The van der Waals surface area contributed by atoms with Gasteiger partial charge in [0.1, 0.15) is 11.1 Å². The molecule has 0 radical (unpaired) electrons. The molecule has 2 bridgehead atoms. The van der Waals surface area contributed by atoms with E-state index in [2.05, 4.69) is 20.3 Å². The zero-order valence-corrected chi connectivity index (χ0v) is 23.2. The quantitative estimate of drug-likeness (QED) is 0.433. The predicted octanol–water partition coefficient (Wildman–Crippen LogP) is 4.89. The van der Waals surface area contributed by atoms with E-state index in [1.54, 1.807) is 6.33 Å². The van der Waals surface area contributed by atoms with E-state index in [0.29, 0.717) is 22.7 Å². The SMILES string of the molecule is CC(C)(C)OC(=O)N1[C@H]2CC[C@@H]1c1sc(NC(=O)C3CCC(n4cnc5c(N)nc(Cl)nc54)CC3)nc1C2. The Balaban J connectivity index is 1.10. The third-order valence-corrected chi connectivity index (χ3v) is 8.96. The summed E-state index contributed by atoms with van der Waals surface area (Å²) < 4.78 is 7.66. The number of nitrogen functional groups attached to an aromatic ring is 1. The van der Waals surface area contributed by atoms with E-state index < -0.39 is 5.60 Å². The number of imidazole rings is 1. The molecule has 3 aliphatic rings. The van der Waals surface area contributed by atoms with Gasteiger partial charge in [0.15, 0.2) is 16.6 Å². The molecule has 2 atom stereocenters. The molecule has 3 N–H and O–H groups in total. The molecule has 2 amide bonds. The molecule has 1 saturated heterocycles. The molecule has 2 aliphatic heterocycles.